The molecule has 1 aliphatic rings. The van der Waals surface area contributed by atoms with E-state index in [4.69, 9.17) is 9.47 Å². The Balaban J connectivity index is 2.00. The predicted molar refractivity (Wildman–Crippen MR) is 62.1 cm³/mol. The van der Waals surface area contributed by atoms with Crippen molar-refractivity contribution >= 4 is 0 Å². The van der Waals surface area contributed by atoms with Crippen molar-refractivity contribution in [3.05, 3.63) is 0 Å². The number of hydrogen-bond acceptors (Lipinski definition) is 3. The van der Waals surface area contributed by atoms with E-state index in [1.54, 1.807) is 7.11 Å². The molecule has 3 nitrogen and oxygen atoms in total. The van der Waals surface area contributed by atoms with E-state index in [1.807, 2.05) is 0 Å². The highest BCUT2D eigenvalue weighted by molar-refractivity contribution is 4.69. The SMILES string of the molecule is COC(C)(C)CCOCC1CCCNC1. The van der Waals surface area contributed by atoms with E-state index in [-0.39, 0.29) is 5.60 Å². The van der Waals surface area contributed by atoms with Crippen LogP contribution in [0.3, 0.4) is 0 Å². The molecule has 0 radical (unpaired) electrons. The normalized spacial score (nSPS) is 23.0. The van der Waals surface area contributed by atoms with Crippen molar-refractivity contribution < 1.29 is 9.47 Å². The van der Waals surface area contributed by atoms with Crippen LogP contribution in [0.4, 0.5) is 0 Å². The molecule has 1 saturated heterocycles. The summed E-state index contributed by atoms with van der Waals surface area (Å²) >= 11 is 0. The molecule has 1 N–H and O–H groups in total. The summed E-state index contributed by atoms with van der Waals surface area (Å²) in [6, 6.07) is 0. The van der Waals surface area contributed by atoms with Gasteiger partial charge in [0.15, 0.2) is 0 Å². The van der Waals surface area contributed by atoms with Gasteiger partial charge in [-0.2, -0.15) is 0 Å². The summed E-state index contributed by atoms with van der Waals surface area (Å²) in [6.07, 6.45) is 3.56. The van der Waals surface area contributed by atoms with Gasteiger partial charge in [0.2, 0.25) is 0 Å². The first kappa shape index (κ1) is 12.9. The third kappa shape index (κ3) is 5.50. The van der Waals surface area contributed by atoms with Crippen LogP contribution in [0.2, 0.25) is 0 Å². The smallest absolute Gasteiger partial charge is 0.0644 e. The summed E-state index contributed by atoms with van der Waals surface area (Å²) in [6.45, 7) is 8.18. The lowest BCUT2D eigenvalue weighted by atomic mass is 10.0. The molecule has 15 heavy (non-hydrogen) atoms. The van der Waals surface area contributed by atoms with Crippen LogP contribution in [0.15, 0.2) is 0 Å². The van der Waals surface area contributed by atoms with E-state index >= 15 is 0 Å². The summed E-state index contributed by atoms with van der Waals surface area (Å²) in [4.78, 5) is 0. The van der Waals surface area contributed by atoms with Crippen LogP contribution in [0.5, 0.6) is 0 Å². The van der Waals surface area contributed by atoms with E-state index in [0.29, 0.717) is 5.92 Å². The van der Waals surface area contributed by atoms with E-state index in [0.717, 1.165) is 26.2 Å². The maximum Gasteiger partial charge on any atom is 0.0644 e. The molecule has 3 heteroatoms. The van der Waals surface area contributed by atoms with Crippen molar-refractivity contribution in [1.82, 2.24) is 5.32 Å². The van der Waals surface area contributed by atoms with Gasteiger partial charge in [0.1, 0.15) is 0 Å². The Morgan fingerprint density at radius 3 is 2.80 bits per heavy atom. The first-order chi connectivity index (χ1) is 7.14. The quantitative estimate of drug-likeness (QED) is 0.686. The largest absolute Gasteiger partial charge is 0.381 e. The molecule has 0 aromatic rings. The lowest BCUT2D eigenvalue weighted by molar-refractivity contribution is -0.0152. The fraction of sp³-hybridized carbons (Fsp3) is 1.00. The van der Waals surface area contributed by atoms with E-state index < -0.39 is 0 Å². The van der Waals surface area contributed by atoms with Crippen LogP contribution in [0.1, 0.15) is 33.1 Å². The highest BCUT2D eigenvalue weighted by Crippen LogP contribution is 2.14. The van der Waals surface area contributed by atoms with Crippen LogP contribution in [-0.2, 0) is 9.47 Å². The Bertz CT molecular complexity index is 165. The molecule has 1 heterocycles. The summed E-state index contributed by atoms with van der Waals surface area (Å²) in [5.41, 5.74) is -0.0508. The molecular formula is C12H25NO2. The number of piperidine rings is 1. The van der Waals surface area contributed by atoms with Gasteiger partial charge in [-0.05, 0) is 45.6 Å². The first-order valence-electron chi connectivity index (χ1n) is 5.98. The molecule has 1 atom stereocenters. The third-order valence-electron chi connectivity index (χ3n) is 3.15. The number of hydrogen-bond donors (Lipinski definition) is 1. The van der Waals surface area contributed by atoms with Crippen molar-refractivity contribution in [3.8, 4) is 0 Å². The zero-order chi connectivity index (χ0) is 11.1. The molecule has 1 rings (SSSR count). The minimum Gasteiger partial charge on any atom is -0.381 e. The van der Waals surface area contributed by atoms with Crippen LogP contribution in [0, 0.1) is 5.92 Å². The van der Waals surface area contributed by atoms with Gasteiger partial charge in [-0.3, -0.25) is 0 Å². The summed E-state index contributed by atoms with van der Waals surface area (Å²) in [5.74, 6) is 0.712. The van der Waals surface area contributed by atoms with E-state index in [2.05, 4.69) is 19.2 Å². The number of nitrogens with one attached hydrogen (secondary N) is 1. The molecular weight excluding hydrogens is 190 g/mol. The first-order valence-corrected chi connectivity index (χ1v) is 5.98. The second-order valence-electron chi connectivity index (χ2n) is 5.00. The molecule has 0 spiro atoms. The van der Waals surface area contributed by atoms with Gasteiger partial charge in [-0.15, -0.1) is 0 Å². The Hall–Kier alpha value is -0.120. The Morgan fingerprint density at radius 2 is 2.20 bits per heavy atom. The number of methoxy groups -OCH3 is 1. The highest BCUT2D eigenvalue weighted by atomic mass is 16.5. The van der Waals surface area contributed by atoms with Crippen LogP contribution < -0.4 is 5.32 Å². The maximum atomic E-state index is 5.69. The molecule has 0 aromatic heterocycles. The Morgan fingerprint density at radius 1 is 1.40 bits per heavy atom. The standard InChI is InChI=1S/C12H25NO2/c1-12(2,14-3)6-8-15-10-11-5-4-7-13-9-11/h11,13H,4-10H2,1-3H3. The molecule has 0 aliphatic carbocycles. The van der Waals surface area contributed by atoms with Gasteiger partial charge in [0.05, 0.1) is 12.2 Å². The molecule has 1 fully saturated rings. The second-order valence-corrected chi connectivity index (χ2v) is 5.00. The average molecular weight is 215 g/mol. The van der Waals surface area contributed by atoms with Crippen LogP contribution in [0.25, 0.3) is 0 Å². The highest BCUT2D eigenvalue weighted by Gasteiger charge is 2.17. The van der Waals surface area contributed by atoms with Gasteiger partial charge in [0, 0.05) is 20.3 Å². The fourth-order valence-corrected chi connectivity index (χ4v) is 1.74. The summed E-state index contributed by atoms with van der Waals surface area (Å²) in [7, 11) is 1.76. The van der Waals surface area contributed by atoms with Crippen molar-refractivity contribution in [1.29, 1.82) is 0 Å². The van der Waals surface area contributed by atoms with Gasteiger partial charge in [-0.25, -0.2) is 0 Å². The zero-order valence-electron chi connectivity index (χ0n) is 10.3. The maximum absolute atomic E-state index is 5.69. The minimum atomic E-state index is -0.0508. The van der Waals surface area contributed by atoms with Crippen molar-refractivity contribution in [2.75, 3.05) is 33.4 Å². The Labute approximate surface area is 93.5 Å². The average Bonchev–Trinajstić information content (AvgIpc) is 2.26. The van der Waals surface area contributed by atoms with Gasteiger partial charge >= 0.3 is 0 Å². The lowest BCUT2D eigenvalue weighted by Crippen LogP contribution is -2.33. The molecule has 0 amide bonds. The fourth-order valence-electron chi connectivity index (χ4n) is 1.74. The number of rotatable bonds is 6. The summed E-state index contributed by atoms with van der Waals surface area (Å²) in [5, 5.41) is 3.40. The van der Waals surface area contributed by atoms with Crippen LogP contribution in [-0.4, -0.2) is 39.0 Å². The molecule has 1 unspecified atom stereocenters. The van der Waals surface area contributed by atoms with Crippen molar-refractivity contribution in [2.24, 2.45) is 5.92 Å². The molecule has 0 aromatic carbocycles. The number of ether oxygens (including phenoxy) is 2. The monoisotopic (exact) mass is 215 g/mol. The molecule has 1 aliphatic heterocycles. The predicted octanol–water partition coefficient (Wildman–Crippen LogP) is 1.82. The topological polar surface area (TPSA) is 30.5 Å². The summed E-state index contributed by atoms with van der Waals surface area (Å²) < 4.78 is 11.0. The molecule has 0 saturated carbocycles. The van der Waals surface area contributed by atoms with Gasteiger partial charge < -0.3 is 14.8 Å². The van der Waals surface area contributed by atoms with Gasteiger partial charge in [-0.1, -0.05) is 0 Å². The zero-order valence-corrected chi connectivity index (χ0v) is 10.3. The lowest BCUT2D eigenvalue weighted by Gasteiger charge is -2.25. The second kappa shape index (κ2) is 6.46. The molecule has 90 valence electrons. The van der Waals surface area contributed by atoms with Crippen LogP contribution >= 0.6 is 0 Å². The Kier molecular flexibility index (Phi) is 5.58. The van der Waals surface area contributed by atoms with E-state index in [9.17, 15) is 0 Å². The van der Waals surface area contributed by atoms with Gasteiger partial charge in [0.25, 0.3) is 0 Å². The van der Waals surface area contributed by atoms with Crippen molar-refractivity contribution in [3.63, 3.8) is 0 Å². The molecule has 0 bridgehead atoms. The minimum absolute atomic E-state index is 0.0508. The third-order valence-corrected chi connectivity index (χ3v) is 3.15. The van der Waals surface area contributed by atoms with E-state index in [1.165, 1.54) is 19.4 Å². The van der Waals surface area contributed by atoms with Crippen molar-refractivity contribution in [2.45, 2.75) is 38.7 Å².